The van der Waals surface area contributed by atoms with Crippen LogP contribution in [0.1, 0.15) is 30.5 Å². The molecule has 2 saturated heterocycles. The monoisotopic (exact) mass is 504 g/mol. The van der Waals surface area contributed by atoms with Crippen molar-refractivity contribution in [3.8, 4) is 0 Å². The smallest absolute Gasteiger partial charge is 0.221 e. The average Bonchev–Trinajstić information content (AvgIpc) is 2.94. The van der Waals surface area contributed by atoms with Gasteiger partial charge in [0.15, 0.2) is 18.2 Å². The van der Waals surface area contributed by atoms with E-state index < -0.39 is 30.1 Å². The van der Waals surface area contributed by atoms with Crippen molar-refractivity contribution in [2.45, 2.75) is 63.7 Å². The Bertz CT molecular complexity index is 1160. The van der Waals surface area contributed by atoms with Crippen LogP contribution in [0.15, 0.2) is 91.0 Å². The fourth-order valence-corrected chi connectivity index (χ4v) is 4.45. The maximum absolute atomic E-state index is 12.9. The zero-order valence-electron chi connectivity index (χ0n) is 21.1. The Kier molecular flexibility index (Phi) is 7.81. The lowest BCUT2D eigenvalue weighted by atomic mass is 9.99. The molecule has 0 N–H and O–H groups in total. The van der Waals surface area contributed by atoms with E-state index in [9.17, 15) is 4.79 Å². The Morgan fingerprint density at radius 1 is 0.703 bits per heavy atom. The van der Waals surface area contributed by atoms with E-state index in [0.29, 0.717) is 6.61 Å². The number of fused-ring (bicyclic) bond motifs is 1. The lowest BCUT2D eigenvalue weighted by Crippen LogP contribution is -2.71. The number of hydrogen-bond donors (Lipinski definition) is 0. The molecule has 2 heterocycles. The molecule has 0 radical (unpaired) electrons. The van der Waals surface area contributed by atoms with Gasteiger partial charge in [0.25, 0.3) is 0 Å². The summed E-state index contributed by atoms with van der Waals surface area (Å²) in [6.45, 7) is 4.19. The quantitative estimate of drug-likeness (QED) is 0.415. The molecule has 3 aromatic carbocycles. The Hall–Kier alpha value is -2.91. The first-order valence-electron chi connectivity index (χ1n) is 12.5. The zero-order valence-corrected chi connectivity index (χ0v) is 21.1. The molecule has 2 aliphatic heterocycles. The van der Waals surface area contributed by atoms with Gasteiger partial charge in [0, 0.05) is 0 Å². The molecule has 7 nitrogen and oxygen atoms in total. The fourth-order valence-electron chi connectivity index (χ4n) is 4.45. The van der Waals surface area contributed by atoms with Crippen molar-refractivity contribution >= 4 is 5.78 Å². The zero-order chi connectivity index (χ0) is 25.7. The normalized spacial score (nSPS) is 29.6. The van der Waals surface area contributed by atoms with Gasteiger partial charge < -0.3 is 28.4 Å². The summed E-state index contributed by atoms with van der Waals surface area (Å²) in [4.78, 5) is 12.9. The third-order valence-corrected chi connectivity index (χ3v) is 6.78. The van der Waals surface area contributed by atoms with Gasteiger partial charge >= 0.3 is 0 Å². The molecule has 194 valence electrons. The van der Waals surface area contributed by atoms with Crippen molar-refractivity contribution in [1.82, 2.24) is 0 Å². The number of rotatable bonds is 9. The molecule has 0 aromatic heterocycles. The molecule has 0 bridgehead atoms. The Balaban J connectivity index is 1.38. The molecule has 0 unspecified atom stereocenters. The molecule has 5 rings (SSSR count). The molecule has 2 fully saturated rings. The Labute approximate surface area is 217 Å². The van der Waals surface area contributed by atoms with Crippen LogP contribution in [0.5, 0.6) is 0 Å². The number of hydrogen-bond acceptors (Lipinski definition) is 7. The number of benzene rings is 3. The summed E-state index contributed by atoms with van der Waals surface area (Å²) in [5.41, 5.74) is 2.91. The lowest BCUT2D eigenvalue weighted by Gasteiger charge is -2.54. The van der Waals surface area contributed by atoms with Crippen LogP contribution in [0, 0.1) is 0 Å². The molecule has 3 aromatic rings. The minimum absolute atomic E-state index is 0.139. The second-order valence-corrected chi connectivity index (χ2v) is 9.50. The summed E-state index contributed by atoms with van der Waals surface area (Å²) in [5, 5.41) is 0. The molecule has 37 heavy (non-hydrogen) atoms. The van der Waals surface area contributed by atoms with E-state index in [-0.39, 0.29) is 25.6 Å². The maximum Gasteiger partial charge on any atom is 0.221 e. The van der Waals surface area contributed by atoms with Crippen LogP contribution in [0.25, 0.3) is 0 Å². The van der Waals surface area contributed by atoms with Crippen LogP contribution in [-0.2, 0) is 53.0 Å². The van der Waals surface area contributed by atoms with Crippen molar-refractivity contribution in [3.63, 3.8) is 0 Å². The minimum Gasteiger partial charge on any atom is -0.345 e. The largest absolute Gasteiger partial charge is 0.345 e. The van der Waals surface area contributed by atoms with Crippen LogP contribution in [0.4, 0.5) is 0 Å². The van der Waals surface area contributed by atoms with E-state index >= 15 is 0 Å². The molecule has 5 atom stereocenters. The van der Waals surface area contributed by atoms with Crippen LogP contribution in [-0.4, -0.2) is 42.5 Å². The lowest BCUT2D eigenvalue weighted by molar-refractivity contribution is -0.473. The molecule has 0 spiro atoms. The van der Waals surface area contributed by atoms with Gasteiger partial charge in [-0.15, -0.1) is 0 Å². The van der Waals surface area contributed by atoms with Crippen LogP contribution in [0.2, 0.25) is 0 Å². The van der Waals surface area contributed by atoms with E-state index in [1.165, 1.54) is 0 Å². The number of carbonyl (C=O) groups excluding carboxylic acids is 1. The molecule has 7 heteroatoms. The summed E-state index contributed by atoms with van der Waals surface area (Å²) < 4.78 is 37.5. The fraction of sp³-hybridized carbons (Fsp3) is 0.367. The van der Waals surface area contributed by atoms with Crippen LogP contribution in [0.3, 0.4) is 0 Å². The highest BCUT2D eigenvalue weighted by Crippen LogP contribution is 2.43. The van der Waals surface area contributed by atoms with Gasteiger partial charge in [0.05, 0.1) is 19.8 Å². The van der Waals surface area contributed by atoms with E-state index in [2.05, 4.69) is 0 Å². The van der Waals surface area contributed by atoms with Crippen LogP contribution >= 0.6 is 0 Å². The summed E-state index contributed by atoms with van der Waals surface area (Å²) in [6.07, 6.45) is -2.58. The first kappa shape index (κ1) is 25.7. The standard InChI is InChI=1S/C30H32O7/c1-29(34-19-23-14-8-4-9-15-23)30(2,35-20-24-16-10-5-11-17-24)37-27-26(36-29)25(31)21-33-28(27)32-18-22-12-6-3-7-13-22/h3-17,26-28H,18-21H2,1-2H3/t26-,27+,28-,29+,30+/m0/s1. The van der Waals surface area contributed by atoms with Crippen molar-refractivity contribution in [3.05, 3.63) is 108 Å². The highest BCUT2D eigenvalue weighted by Gasteiger charge is 2.62. The maximum atomic E-state index is 12.9. The Morgan fingerprint density at radius 2 is 1.16 bits per heavy atom. The SMILES string of the molecule is C[C@@]1(OCc2ccccc2)O[C@H]2[C@@H](OCc3ccccc3)OCC(=O)[C@@H]2O[C@@]1(C)OCc1ccccc1. The highest BCUT2D eigenvalue weighted by atomic mass is 16.8. The Morgan fingerprint density at radius 3 is 1.68 bits per heavy atom. The second kappa shape index (κ2) is 11.2. The number of carbonyl (C=O) groups is 1. The van der Waals surface area contributed by atoms with Gasteiger partial charge in [0.1, 0.15) is 12.7 Å². The summed E-state index contributed by atoms with van der Waals surface area (Å²) in [5.74, 6) is -3.01. The average molecular weight is 505 g/mol. The number of ether oxygens (including phenoxy) is 6. The molecule has 0 saturated carbocycles. The molecule has 2 aliphatic rings. The van der Waals surface area contributed by atoms with Crippen molar-refractivity contribution < 1.29 is 33.2 Å². The van der Waals surface area contributed by atoms with Crippen molar-refractivity contribution in [1.29, 1.82) is 0 Å². The van der Waals surface area contributed by atoms with E-state index in [0.717, 1.165) is 16.7 Å². The third kappa shape index (κ3) is 5.83. The van der Waals surface area contributed by atoms with Crippen molar-refractivity contribution in [2.24, 2.45) is 0 Å². The van der Waals surface area contributed by atoms with Gasteiger partial charge in [-0.2, -0.15) is 0 Å². The second-order valence-electron chi connectivity index (χ2n) is 9.50. The predicted octanol–water partition coefficient (Wildman–Crippen LogP) is 4.78. The summed E-state index contributed by atoms with van der Waals surface area (Å²) in [7, 11) is 0. The number of ketones is 1. The van der Waals surface area contributed by atoms with Gasteiger partial charge in [-0.1, -0.05) is 91.0 Å². The van der Waals surface area contributed by atoms with Crippen molar-refractivity contribution in [2.75, 3.05) is 6.61 Å². The summed E-state index contributed by atoms with van der Waals surface area (Å²) in [6, 6.07) is 29.3. The van der Waals surface area contributed by atoms with E-state index in [4.69, 9.17) is 28.4 Å². The van der Waals surface area contributed by atoms with Gasteiger partial charge in [-0.3, -0.25) is 4.79 Å². The minimum atomic E-state index is -1.39. The highest BCUT2D eigenvalue weighted by molar-refractivity contribution is 5.85. The van der Waals surface area contributed by atoms with Gasteiger partial charge in [-0.25, -0.2) is 0 Å². The first-order valence-corrected chi connectivity index (χ1v) is 12.5. The molecular weight excluding hydrogens is 472 g/mol. The van der Waals surface area contributed by atoms with Crippen LogP contribution < -0.4 is 0 Å². The van der Waals surface area contributed by atoms with Gasteiger partial charge in [-0.05, 0) is 30.5 Å². The molecule has 0 amide bonds. The summed E-state index contributed by atoms with van der Waals surface area (Å²) >= 11 is 0. The van der Waals surface area contributed by atoms with E-state index in [1.807, 2.05) is 91.0 Å². The van der Waals surface area contributed by atoms with Gasteiger partial charge in [0.2, 0.25) is 11.6 Å². The predicted molar refractivity (Wildman–Crippen MR) is 135 cm³/mol. The van der Waals surface area contributed by atoms with E-state index in [1.54, 1.807) is 13.8 Å². The molecule has 0 aliphatic carbocycles. The number of Topliss-reactive ketones (excluding diaryl/α,β-unsaturated/α-hetero) is 1. The molecular formula is C30H32O7. The first-order chi connectivity index (χ1) is 18.0. The third-order valence-electron chi connectivity index (χ3n) is 6.78. The topological polar surface area (TPSA) is 72.5 Å².